The second-order valence-corrected chi connectivity index (χ2v) is 12.0. The van der Waals surface area contributed by atoms with Crippen LogP contribution < -0.4 is 19.1 Å². The molecule has 10 heteroatoms. The van der Waals surface area contributed by atoms with Crippen LogP contribution in [0.5, 0.6) is 11.5 Å². The van der Waals surface area contributed by atoms with Gasteiger partial charge in [0.2, 0.25) is 11.8 Å². The molecule has 0 saturated carbocycles. The smallest absolute Gasteiger partial charge is 0.264 e. The van der Waals surface area contributed by atoms with Crippen molar-refractivity contribution in [2.75, 3.05) is 32.1 Å². The summed E-state index contributed by atoms with van der Waals surface area (Å²) >= 11 is 0. The third kappa shape index (κ3) is 7.38. The second-order valence-electron chi connectivity index (χ2n) is 10.1. The fourth-order valence-electron chi connectivity index (χ4n) is 4.92. The fourth-order valence-corrected chi connectivity index (χ4v) is 6.35. The molecule has 44 heavy (non-hydrogen) atoms. The Hall–Kier alpha value is -4.83. The number of amides is 2. The number of likely N-dealkylation sites (N-methyl/N-ethyl adjacent to an activating group) is 1. The van der Waals surface area contributed by atoms with Crippen molar-refractivity contribution < 1.29 is 27.5 Å². The first-order valence-electron chi connectivity index (χ1n) is 14.1. The summed E-state index contributed by atoms with van der Waals surface area (Å²) in [6, 6.07) is 28.6. The first kappa shape index (κ1) is 32.1. The molecule has 2 amide bonds. The van der Waals surface area contributed by atoms with Crippen molar-refractivity contribution in [3.63, 3.8) is 0 Å². The van der Waals surface area contributed by atoms with Gasteiger partial charge in [-0.05, 0) is 47.9 Å². The lowest BCUT2D eigenvalue weighted by Gasteiger charge is -2.34. The summed E-state index contributed by atoms with van der Waals surface area (Å²) in [5, 5.41) is 2.69. The van der Waals surface area contributed by atoms with Crippen LogP contribution >= 0.6 is 0 Å². The molecule has 0 aromatic heterocycles. The number of hydrogen-bond donors (Lipinski definition) is 1. The zero-order chi connectivity index (χ0) is 31.7. The van der Waals surface area contributed by atoms with E-state index in [0.717, 1.165) is 21.0 Å². The van der Waals surface area contributed by atoms with Crippen LogP contribution in [0.15, 0.2) is 108 Å². The summed E-state index contributed by atoms with van der Waals surface area (Å²) in [5.74, 6) is -0.323. The zero-order valence-corrected chi connectivity index (χ0v) is 26.1. The zero-order valence-electron chi connectivity index (χ0n) is 25.3. The summed E-state index contributed by atoms with van der Waals surface area (Å²) in [7, 11) is 0.125. The number of sulfonamides is 1. The van der Waals surface area contributed by atoms with Gasteiger partial charge in [-0.3, -0.25) is 13.9 Å². The molecule has 230 valence electrons. The second kappa shape index (κ2) is 14.6. The number of rotatable bonds is 13. The Balaban J connectivity index is 1.85. The Kier molecular flexibility index (Phi) is 10.6. The van der Waals surface area contributed by atoms with Crippen molar-refractivity contribution in [1.82, 2.24) is 10.2 Å². The average Bonchev–Trinajstić information content (AvgIpc) is 3.06. The number of hydrogen-bond acceptors (Lipinski definition) is 6. The van der Waals surface area contributed by atoms with E-state index in [9.17, 15) is 18.0 Å². The molecule has 1 N–H and O–H groups in total. The first-order valence-corrected chi connectivity index (χ1v) is 15.5. The predicted octanol–water partition coefficient (Wildman–Crippen LogP) is 4.59. The van der Waals surface area contributed by atoms with E-state index >= 15 is 0 Å². The highest BCUT2D eigenvalue weighted by Crippen LogP contribution is 2.36. The minimum Gasteiger partial charge on any atom is -0.497 e. The molecule has 0 spiro atoms. The molecule has 0 heterocycles. The van der Waals surface area contributed by atoms with Crippen molar-refractivity contribution in [1.29, 1.82) is 0 Å². The van der Waals surface area contributed by atoms with Crippen LogP contribution in [0.2, 0.25) is 0 Å². The van der Waals surface area contributed by atoms with Gasteiger partial charge in [0.1, 0.15) is 24.1 Å². The van der Waals surface area contributed by atoms with Gasteiger partial charge in [-0.15, -0.1) is 0 Å². The predicted molar refractivity (Wildman–Crippen MR) is 170 cm³/mol. The summed E-state index contributed by atoms with van der Waals surface area (Å²) in [5.41, 5.74) is 2.74. The van der Waals surface area contributed by atoms with Gasteiger partial charge < -0.3 is 19.7 Å². The van der Waals surface area contributed by atoms with Crippen molar-refractivity contribution in [2.45, 2.75) is 30.8 Å². The maximum absolute atomic E-state index is 14.5. The SMILES string of the molecule is CNC(=O)C(Cc1ccccc1)N(Cc1ccccc1C)C(=O)CN(c1cc(OC)ccc1OC)S(=O)(=O)c1ccccc1. The van der Waals surface area contributed by atoms with E-state index in [1.165, 1.54) is 44.4 Å². The van der Waals surface area contributed by atoms with E-state index < -0.39 is 28.5 Å². The maximum atomic E-state index is 14.5. The molecule has 1 atom stereocenters. The van der Waals surface area contributed by atoms with Crippen LogP contribution in [-0.2, 0) is 32.6 Å². The highest BCUT2D eigenvalue weighted by Gasteiger charge is 2.35. The third-order valence-electron chi connectivity index (χ3n) is 7.38. The lowest BCUT2D eigenvalue weighted by Crippen LogP contribution is -2.53. The number of ether oxygens (including phenoxy) is 2. The standard InChI is InChI=1S/C34H37N3O6S/c1-25-13-11-12-16-27(25)23-36(31(34(39)35-2)21-26-14-7-5-8-15-26)33(38)24-37(44(40,41)29-17-9-6-10-18-29)30-22-28(42-3)19-20-32(30)43-4/h5-20,22,31H,21,23-24H2,1-4H3,(H,35,39). The highest BCUT2D eigenvalue weighted by atomic mass is 32.2. The Morgan fingerprint density at radius 3 is 2.09 bits per heavy atom. The van der Waals surface area contributed by atoms with Gasteiger partial charge in [0, 0.05) is 26.1 Å². The Labute approximate surface area is 259 Å². The van der Waals surface area contributed by atoms with Crippen LogP contribution in [-0.4, -0.2) is 59.0 Å². The summed E-state index contributed by atoms with van der Waals surface area (Å²) in [4.78, 5) is 29.4. The molecule has 9 nitrogen and oxygen atoms in total. The first-order chi connectivity index (χ1) is 21.2. The van der Waals surface area contributed by atoms with Crippen LogP contribution in [0.1, 0.15) is 16.7 Å². The van der Waals surface area contributed by atoms with Gasteiger partial charge in [0.25, 0.3) is 10.0 Å². The molecule has 4 rings (SSSR count). The molecule has 0 fully saturated rings. The normalized spacial score (nSPS) is 11.7. The number of methoxy groups -OCH3 is 2. The minimum absolute atomic E-state index is 0.00439. The van der Waals surface area contributed by atoms with Gasteiger partial charge in [0.15, 0.2) is 0 Å². The van der Waals surface area contributed by atoms with Crippen molar-refractivity contribution >= 4 is 27.5 Å². The van der Waals surface area contributed by atoms with Gasteiger partial charge in [-0.25, -0.2) is 8.42 Å². The van der Waals surface area contributed by atoms with Crippen LogP contribution in [0.4, 0.5) is 5.69 Å². The van der Waals surface area contributed by atoms with Crippen LogP contribution in [0.25, 0.3) is 0 Å². The van der Waals surface area contributed by atoms with Crippen molar-refractivity contribution in [3.8, 4) is 11.5 Å². The summed E-state index contributed by atoms with van der Waals surface area (Å²) < 4.78 is 40.4. The summed E-state index contributed by atoms with van der Waals surface area (Å²) in [6.07, 6.45) is 0.228. The van der Waals surface area contributed by atoms with E-state index in [2.05, 4.69) is 5.32 Å². The molecule has 1 unspecified atom stereocenters. The van der Waals surface area contributed by atoms with Gasteiger partial charge >= 0.3 is 0 Å². The highest BCUT2D eigenvalue weighted by molar-refractivity contribution is 7.92. The van der Waals surface area contributed by atoms with E-state index in [-0.39, 0.29) is 35.2 Å². The molecule has 0 aliphatic heterocycles. The van der Waals surface area contributed by atoms with Crippen molar-refractivity contribution in [3.05, 3.63) is 120 Å². The minimum atomic E-state index is -4.28. The molecule has 4 aromatic rings. The lowest BCUT2D eigenvalue weighted by atomic mass is 10.0. The monoisotopic (exact) mass is 615 g/mol. The Morgan fingerprint density at radius 1 is 0.841 bits per heavy atom. The van der Waals surface area contributed by atoms with Gasteiger partial charge in [0.05, 0.1) is 24.8 Å². The van der Waals surface area contributed by atoms with E-state index in [0.29, 0.717) is 5.75 Å². The topological polar surface area (TPSA) is 105 Å². The third-order valence-corrected chi connectivity index (χ3v) is 9.16. The number of nitrogens with one attached hydrogen (secondary N) is 1. The lowest BCUT2D eigenvalue weighted by molar-refractivity contribution is -0.139. The maximum Gasteiger partial charge on any atom is 0.264 e. The Bertz CT molecular complexity index is 1680. The van der Waals surface area contributed by atoms with E-state index in [1.54, 1.807) is 30.3 Å². The number of nitrogens with zero attached hydrogens (tertiary/aromatic N) is 2. The number of benzene rings is 4. The fraction of sp³-hybridized carbons (Fsp3) is 0.235. The average molecular weight is 616 g/mol. The molecule has 0 bridgehead atoms. The number of carbonyl (C=O) groups excluding carboxylic acids is 2. The largest absolute Gasteiger partial charge is 0.497 e. The van der Waals surface area contributed by atoms with E-state index in [4.69, 9.17) is 9.47 Å². The molecule has 0 aliphatic carbocycles. The van der Waals surface area contributed by atoms with Gasteiger partial charge in [-0.2, -0.15) is 0 Å². The molecule has 0 aliphatic rings. The quantitative estimate of drug-likeness (QED) is 0.236. The number of carbonyl (C=O) groups is 2. The Morgan fingerprint density at radius 2 is 1.48 bits per heavy atom. The van der Waals surface area contributed by atoms with Crippen molar-refractivity contribution in [2.24, 2.45) is 0 Å². The van der Waals surface area contributed by atoms with E-state index in [1.807, 2.05) is 61.5 Å². The van der Waals surface area contributed by atoms with Gasteiger partial charge in [-0.1, -0.05) is 72.8 Å². The van der Waals surface area contributed by atoms with Crippen LogP contribution in [0.3, 0.4) is 0 Å². The number of aryl methyl sites for hydroxylation is 1. The molecule has 0 radical (unpaired) electrons. The summed E-state index contributed by atoms with van der Waals surface area (Å²) in [6.45, 7) is 1.41. The molecular weight excluding hydrogens is 578 g/mol. The molecular formula is C34H37N3O6S. The molecule has 4 aromatic carbocycles. The number of anilines is 1. The van der Waals surface area contributed by atoms with Crippen LogP contribution in [0, 0.1) is 6.92 Å². The molecule has 0 saturated heterocycles.